The SMILES string of the molecule is Cn1ccnc1CNc1ccc(I)cc1Cl. The van der Waals surface area contributed by atoms with Crippen LogP contribution in [0.4, 0.5) is 5.69 Å². The van der Waals surface area contributed by atoms with Gasteiger partial charge in [-0.05, 0) is 40.8 Å². The Morgan fingerprint density at radius 3 is 2.94 bits per heavy atom. The Bertz CT molecular complexity index is 496. The fourth-order valence-corrected chi connectivity index (χ4v) is 2.30. The van der Waals surface area contributed by atoms with Gasteiger partial charge in [-0.15, -0.1) is 0 Å². The molecule has 0 aliphatic rings. The highest BCUT2D eigenvalue weighted by Gasteiger charge is 2.02. The number of rotatable bonds is 3. The summed E-state index contributed by atoms with van der Waals surface area (Å²) in [6.45, 7) is 0.670. The Kier molecular flexibility index (Phi) is 3.70. The van der Waals surface area contributed by atoms with Crippen LogP contribution in [-0.2, 0) is 13.6 Å². The van der Waals surface area contributed by atoms with Crippen molar-refractivity contribution < 1.29 is 0 Å². The van der Waals surface area contributed by atoms with Crippen molar-refractivity contribution in [3.05, 3.63) is 45.0 Å². The zero-order valence-corrected chi connectivity index (χ0v) is 11.7. The molecule has 0 atom stereocenters. The first-order valence-electron chi connectivity index (χ1n) is 4.82. The largest absolute Gasteiger partial charge is 0.377 e. The fraction of sp³-hybridized carbons (Fsp3) is 0.182. The molecule has 3 nitrogen and oxygen atoms in total. The van der Waals surface area contributed by atoms with Gasteiger partial charge in [-0.3, -0.25) is 0 Å². The molecule has 0 radical (unpaired) electrons. The number of benzene rings is 1. The lowest BCUT2D eigenvalue weighted by Gasteiger charge is -2.08. The highest BCUT2D eigenvalue weighted by atomic mass is 127. The molecule has 1 aromatic heterocycles. The molecule has 0 aliphatic carbocycles. The highest BCUT2D eigenvalue weighted by molar-refractivity contribution is 14.1. The van der Waals surface area contributed by atoms with Gasteiger partial charge < -0.3 is 9.88 Å². The van der Waals surface area contributed by atoms with Crippen LogP contribution in [0.2, 0.25) is 5.02 Å². The van der Waals surface area contributed by atoms with Gasteiger partial charge in [0.2, 0.25) is 0 Å². The number of anilines is 1. The summed E-state index contributed by atoms with van der Waals surface area (Å²) in [5.41, 5.74) is 0.935. The second-order valence-corrected chi connectivity index (χ2v) is 5.08. The topological polar surface area (TPSA) is 29.9 Å². The minimum Gasteiger partial charge on any atom is -0.377 e. The Morgan fingerprint density at radius 1 is 1.50 bits per heavy atom. The third-order valence-electron chi connectivity index (χ3n) is 2.29. The monoisotopic (exact) mass is 347 g/mol. The second-order valence-electron chi connectivity index (χ2n) is 3.43. The molecule has 16 heavy (non-hydrogen) atoms. The predicted octanol–water partition coefficient (Wildman–Crippen LogP) is 3.29. The summed E-state index contributed by atoms with van der Waals surface area (Å²) >= 11 is 8.35. The van der Waals surface area contributed by atoms with Crippen LogP contribution in [0.25, 0.3) is 0 Å². The first kappa shape index (κ1) is 11.7. The number of nitrogens with one attached hydrogen (secondary N) is 1. The van der Waals surface area contributed by atoms with Crippen LogP contribution in [0.15, 0.2) is 30.6 Å². The summed E-state index contributed by atoms with van der Waals surface area (Å²) in [4.78, 5) is 4.23. The molecule has 2 aromatic rings. The Balaban J connectivity index is 2.08. The quantitative estimate of drug-likeness (QED) is 0.864. The summed E-state index contributed by atoms with van der Waals surface area (Å²) in [6.07, 6.45) is 3.71. The first-order valence-corrected chi connectivity index (χ1v) is 6.27. The van der Waals surface area contributed by atoms with E-state index in [0.717, 1.165) is 20.1 Å². The molecule has 0 bridgehead atoms. The van der Waals surface area contributed by atoms with E-state index in [1.54, 1.807) is 6.20 Å². The fourth-order valence-electron chi connectivity index (χ4n) is 1.37. The highest BCUT2D eigenvalue weighted by Crippen LogP contribution is 2.24. The molecule has 0 spiro atoms. The van der Waals surface area contributed by atoms with Crippen molar-refractivity contribution in [2.45, 2.75) is 6.54 Å². The summed E-state index contributed by atoms with van der Waals surface area (Å²) in [5, 5.41) is 4.00. The average molecular weight is 348 g/mol. The van der Waals surface area contributed by atoms with Gasteiger partial charge in [0.25, 0.3) is 0 Å². The molecule has 0 fully saturated rings. The lowest BCUT2D eigenvalue weighted by atomic mass is 10.3. The molecular weight excluding hydrogens is 336 g/mol. The van der Waals surface area contributed by atoms with Gasteiger partial charge in [0.15, 0.2) is 0 Å². The van der Waals surface area contributed by atoms with E-state index in [4.69, 9.17) is 11.6 Å². The lowest BCUT2D eigenvalue weighted by Crippen LogP contribution is -2.05. The lowest BCUT2D eigenvalue weighted by molar-refractivity contribution is 0.813. The van der Waals surface area contributed by atoms with Gasteiger partial charge in [0.1, 0.15) is 5.82 Å². The Morgan fingerprint density at radius 2 is 2.31 bits per heavy atom. The van der Waals surface area contributed by atoms with E-state index in [-0.39, 0.29) is 0 Å². The average Bonchev–Trinajstić information content (AvgIpc) is 2.63. The minimum absolute atomic E-state index is 0.670. The Labute approximate surface area is 113 Å². The van der Waals surface area contributed by atoms with Crippen molar-refractivity contribution in [1.82, 2.24) is 9.55 Å². The molecule has 0 saturated carbocycles. The van der Waals surface area contributed by atoms with E-state index in [1.807, 2.05) is 36.0 Å². The molecule has 0 unspecified atom stereocenters. The van der Waals surface area contributed by atoms with Gasteiger partial charge >= 0.3 is 0 Å². The van der Waals surface area contributed by atoms with Gasteiger partial charge in [-0.25, -0.2) is 4.98 Å². The van der Waals surface area contributed by atoms with Crippen molar-refractivity contribution in [2.75, 3.05) is 5.32 Å². The number of nitrogens with zero attached hydrogens (tertiary/aromatic N) is 2. The normalized spacial score (nSPS) is 10.4. The van der Waals surface area contributed by atoms with Crippen LogP contribution in [0.3, 0.4) is 0 Å². The molecule has 84 valence electrons. The first-order chi connectivity index (χ1) is 7.66. The maximum absolute atomic E-state index is 6.11. The van der Waals surface area contributed by atoms with Crippen molar-refractivity contribution in [3.63, 3.8) is 0 Å². The van der Waals surface area contributed by atoms with Crippen molar-refractivity contribution in [3.8, 4) is 0 Å². The second kappa shape index (κ2) is 5.05. The molecular formula is C11H11ClIN3. The van der Waals surface area contributed by atoms with Crippen molar-refractivity contribution >= 4 is 39.9 Å². The third-order valence-corrected chi connectivity index (χ3v) is 3.27. The standard InChI is InChI=1S/C11H11ClIN3/c1-16-5-4-14-11(16)7-15-10-3-2-8(13)6-9(10)12/h2-6,15H,7H2,1H3. The van der Waals surface area contributed by atoms with Crippen LogP contribution in [0, 0.1) is 3.57 Å². The molecule has 5 heteroatoms. The van der Waals surface area contributed by atoms with Gasteiger partial charge in [-0.1, -0.05) is 11.6 Å². The number of aryl methyl sites for hydroxylation is 1. The van der Waals surface area contributed by atoms with Crippen LogP contribution in [0.5, 0.6) is 0 Å². The smallest absolute Gasteiger partial charge is 0.127 e. The molecule has 0 aliphatic heterocycles. The number of imidazole rings is 1. The summed E-state index contributed by atoms with van der Waals surface area (Å²) in [6, 6.07) is 5.93. The van der Waals surface area contributed by atoms with E-state index in [2.05, 4.69) is 32.9 Å². The van der Waals surface area contributed by atoms with Crippen LogP contribution in [-0.4, -0.2) is 9.55 Å². The number of halogens is 2. The van der Waals surface area contributed by atoms with Crippen LogP contribution in [0.1, 0.15) is 5.82 Å². The predicted molar refractivity (Wildman–Crippen MR) is 74.7 cm³/mol. The minimum atomic E-state index is 0.670. The molecule has 0 saturated heterocycles. The van der Waals surface area contributed by atoms with E-state index in [0.29, 0.717) is 6.54 Å². The zero-order valence-electron chi connectivity index (χ0n) is 8.74. The van der Waals surface area contributed by atoms with E-state index < -0.39 is 0 Å². The molecule has 1 aromatic carbocycles. The van der Waals surface area contributed by atoms with Crippen LogP contribution < -0.4 is 5.32 Å². The van der Waals surface area contributed by atoms with E-state index in [9.17, 15) is 0 Å². The zero-order chi connectivity index (χ0) is 11.5. The van der Waals surface area contributed by atoms with E-state index >= 15 is 0 Å². The van der Waals surface area contributed by atoms with Gasteiger partial charge in [-0.2, -0.15) is 0 Å². The molecule has 0 amide bonds. The van der Waals surface area contributed by atoms with E-state index in [1.165, 1.54) is 0 Å². The van der Waals surface area contributed by atoms with Crippen molar-refractivity contribution in [1.29, 1.82) is 0 Å². The maximum atomic E-state index is 6.11. The Hall–Kier alpha value is -0.750. The third kappa shape index (κ3) is 2.68. The number of aromatic nitrogens is 2. The van der Waals surface area contributed by atoms with Crippen molar-refractivity contribution in [2.24, 2.45) is 7.05 Å². The summed E-state index contributed by atoms with van der Waals surface area (Å²) in [7, 11) is 1.97. The molecule has 1 N–H and O–H groups in total. The maximum Gasteiger partial charge on any atom is 0.127 e. The van der Waals surface area contributed by atoms with Gasteiger partial charge in [0.05, 0.1) is 17.3 Å². The number of hydrogen-bond donors (Lipinski definition) is 1. The summed E-state index contributed by atoms with van der Waals surface area (Å²) < 4.78 is 3.11. The summed E-state index contributed by atoms with van der Waals surface area (Å²) in [5.74, 6) is 0.981. The molecule has 1 heterocycles. The number of hydrogen-bond acceptors (Lipinski definition) is 2. The molecule has 2 rings (SSSR count). The van der Waals surface area contributed by atoms with Gasteiger partial charge in [0, 0.05) is 23.0 Å². The van der Waals surface area contributed by atoms with Crippen LogP contribution >= 0.6 is 34.2 Å².